The van der Waals surface area contributed by atoms with Crippen molar-refractivity contribution in [2.75, 3.05) is 0 Å². The second kappa shape index (κ2) is 12.5. The molecule has 3 aliphatic rings. The van der Waals surface area contributed by atoms with Crippen molar-refractivity contribution >= 4 is 0 Å². The van der Waals surface area contributed by atoms with E-state index in [1.54, 1.807) is 32.1 Å². The van der Waals surface area contributed by atoms with Crippen LogP contribution in [0.4, 0.5) is 0 Å². The zero-order chi connectivity index (χ0) is 18.8. The van der Waals surface area contributed by atoms with Gasteiger partial charge in [0, 0.05) is 0 Å². The highest BCUT2D eigenvalue weighted by Gasteiger charge is 2.31. The number of hydrogen-bond donors (Lipinski definition) is 0. The predicted molar refractivity (Wildman–Crippen MR) is 118 cm³/mol. The van der Waals surface area contributed by atoms with Gasteiger partial charge in [-0.3, -0.25) is 0 Å². The maximum absolute atomic E-state index is 2.42. The fraction of sp³-hybridized carbons (Fsp3) is 1.00. The van der Waals surface area contributed by atoms with Crippen LogP contribution < -0.4 is 0 Å². The molecule has 3 fully saturated rings. The number of rotatable bonds is 2. The normalized spacial score (nSPS) is 31.8. The molecular weight excluding hydrogens is 312 g/mol. The summed E-state index contributed by atoms with van der Waals surface area (Å²) in [6, 6.07) is 0. The Kier molecular flexibility index (Phi) is 10.7. The van der Waals surface area contributed by atoms with Crippen LogP contribution in [0.1, 0.15) is 130 Å². The van der Waals surface area contributed by atoms with E-state index in [2.05, 4.69) is 27.7 Å². The molecule has 0 radical (unpaired) electrons. The lowest BCUT2D eigenvalue weighted by molar-refractivity contribution is 0.160. The summed E-state index contributed by atoms with van der Waals surface area (Å²) in [6.45, 7) is 9.64. The lowest BCUT2D eigenvalue weighted by atomic mass is 9.71. The van der Waals surface area contributed by atoms with Crippen molar-refractivity contribution in [2.24, 2.45) is 35.5 Å². The molecule has 3 aliphatic carbocycles. The summed E-state index contributed by atoms with van der Waals surface area (Å²) in [5.74, 6) is 6.14. The Labute approximate surface area is 166 Å². The van der Waals surface area contributed by atoms with Gasteiger partial charge in [-0.15, -0.1) is 0 Å². The Morgan fingerprint density at radius 3 is 1.23 bits per heavy atom. The first-order valence-corrected chi connectivity index (χ1v) is 12.6. The third-order valence-corrected chi connectivity index (χ3v) is 7.95. The predicted octanol–water partition coefficient (Wildman–Crippen LogP) is 9.03. The van der Waals surface area contributed by atoms with E-state index in [0.717, 1.165) is 35.5 Å². The molecule has 3 atom stereocenters. The lowest BCUT2D eigenvalue weighted by Crippen LogP contribution is -2.24. The number of hydrogen-bond acceptors (Lipinski definition) is 0. The van der Waals surface area contributed by atoms with Crippen LogP contribution in [0.3, 0.4) is 0 Å². The molecule has 0 spiro atoms. The molecule has 1 unspecified atom stereocenters. The highest BCUT2D eigenvalue weighted by atomic mass is 14.4. The molecule has 0 nitrogen and oxygen atoms in total. The largest absolute Gasteiger partial charge is 0.0625 e. The van der Waals surface area contributed by atoms with E-state index in [-0.39, 0.29) is 0 Å². The van der Waals surface area contributed by atoms with Gasteiger partial charge in [-0.2, -0.15) is 0 Å². The maximum Gasteiger partial charge on any atom is -0.0386 e. The van der Waals surface area contributed by atoms with Gasteiger partial charge in [0.1, 0.15) is 0 Å². The summed E-state index contributed by atoms with van der Waals surface area (Å²) >= 11 is 0. The highest BCUT2D eigenvalue weighted by molar-refractivity contribution is 4.82. The van der Waals surface area contributed by atoms with Gasteiger partial charge in [0.05, 0.1) is 0 Å². The average Bonchev–Trinajstić information content (AvgIpc) is 2.79. The second-order valence-corrected chi connectivity index (χ2v) is 10.8. The molecule has 0 heteroatoms. The summed E-state index contributed by atoms with van der Waals surface area (Å²) in [4.78, 5) is 0. The van der Waals surface area contributed by atoms with Crippen molar-refractivity contribution in [1.29, 1.82) is 0 Å². The fourth-order valence-corrected chi connectivity index (χ4v) is 6.01. The molecule has 0 aromatic rings. The zero-order valence-corrected chi connectivity index (χ0v) is 18.8. The lowest BCUT2D eigenvalue weighted by Gasteiger charge is -2.35. The zero-order valence-electron chi connectivity index (χ0n) is 18.8. The van der Waals surface area contributed by atoms with Gasteiger partial charge in [0.2, 0.25) is 0 Å². The molecule has 0 saturated heterocycles. The smallest absolute Gasteiger partial charge is 0.0386 e. The first-order chi connectivity index (χ1) is 12.6. The van der Waals surface area contributed by atoms with Crippen molar-refractivity contribution in [3.8, 4) is 0 Å². The van der Waals surface area contributed by atoms with Crippen molar-refractivity contribution in [2.45, 2.75) is 130 Å². The van der Waals surface area contributed by atoms with E-state index in [4.69, 9.17) is 0 Å². The molecule has 26 heavy (non-hydrogen) atoms. The molecule has 0 aliphatic heterocycles. The third kappa shape index (κ3) is 8.35. The van der Waals surface area contributed by atoms with E-state index in [1.807, 2.05) is 0 Å². The number of fused-ring (bicyclic) bond motifs is 2. The third-order valence-electron chi connectivity index (χ3n) is 7.95. The molecule has 0 heterocycles. The fourth-order valence-electron chi connectivity index (χ4n) is 6.01. The van der Waals surface area contributed by atoms with Crippen molar-refractivity contribution < 1.29 is 0 Å². The van der Waals surface area contributed by atoms with Crippen molar-refractivity contribution in [3.63, 3.8) is 0 Å². The van der Waals surface area contributed by atoms with E-state index < -0.39 is 0 Å². The highest BCUT2D eigenvalue weighted by Crippen LogP contribution is 2.43. The van der Waals surface area contributed by atoms with Crippen LogP contribution in [0, 0.1) is 35.5 Å². The van der Waals surface area contributed by atoms with Crippen LogP contribution >= 0.6 is 0 Å². The summed E-state index contributed by atoms with van der Waals surface area (Å²) in [6.07, 6.45) is 24.2. The molecule has 3 saturated carbocycles. The van der Waals surface area contributed by atoms with Crippen LogP contribution in [-0.2, 0) is 0 Å². The SMILES string of the molecule is CC(C)C1CCCCCCCCC1.CC(C)C1C[C@H]2CCCC[C@@H](C1)C2. The summed E-state index contributed by atoms with van der Waals surface area (Å²) in [5.41, 5.74) is 0. The van der Waals surface area contributed by atoms with E-state index in [0.29, 0.717) is 0 Å². The first-order valence-electron chi connectivity index (χ1n) is 12.6. The standard InChI is InChI=1S/C13H24.C13H26/c1-10(2)13-8-11-5-3-4-6-12(7-11)9-13;1-12(2)13-10-8-6-4-3-5-7-9-11-13/h10-13H,3-9H2,1-2H3;12-13H,3-11H2,1-2H3/t11-,12+,13?;. The van der Waals surface area contributed by atoms with Gasteiger partial charge < -0.3 is 0 Å². The van der Waals surface area contributed by atoms with E-state index in [9.17, 15) is 0 Å². The Morgan fingerprint density at radius 2 is 0.808 bits per heavy atom. The summed E-state index contributed by atoms with van der Waals surface area (Å²) in [5, 5.41) is 0. The second-order valence-electron chi connectivity index (χ2n) is 10.8. The Bertz CT molecular complexity index is 318. The molecular formula is C26H50. The van der Waals surface area contributed by atoms with Gasteiger partial charge in [-0.05, 0) is 54.8 Å². The monoisotopic (exact) mass is 362 g/mol. The van der Waals surface area contributed by atoms with Crippen molar-refractivity contribution in [1.82, 2.24) is 0 Å². The van der Waals surface area contributed by atoms with Crippen molar-refractivity contribution in [3.05, 3.63) is 0 Å². The minimum Gasteiger partial charge on any atom is -0.0625 e. The Hall–Kier alpha value is 0. The van der Waals surface area contributed by atoms with E-state index >= 15 is 0 Å². The molecule has 0 aromatic carbocycles. The summed E-state index contributed by atoms with van der Waals surface area (Å²) < 4.78 is 0. The summed E-state index contributed by atoms with van der Waals surface area (Å²) in [7, 11) is 0. The van der Waals surface area contributed by atoms with Gasteiger partial charge in [0.25, 0.3) is 0 Å². The topological polar surface area (TPSA) is 0 Å². The van der Waals surface area contributed by atoms with Gasteiger partial charge in [-0.25, -0.2) is 0 Å². The van der Waals surface area contributed by atoms with Gasteiger partial charge in [0.15, 0.2) is 0 Å². The van der Waals surface area contributed by atoms with Crippen LogP contribution in [0.5, 0.6) is 0 Å². The quantitative estimate of drug-likeness (QED) is 0.459. The molecule has 0 aromatic heterocycles. The molecule has 2 bridgehead atoms. The average molecular weight is 363 g/mol. The molecule has 0 amide bonds. The van der Waals surface area contributed by atoms with Crippen LogP contribution in [-0.4, -0.2) is 0 Å². The molecule has 154 valence electrons. The van der Waals surface area contributed by atoms with Gasteiger partial charge >= 0.3 is 0 Å². The Morgan fingerprint density at radius 1 is 0.423 bits per heavy atom. The minimum absolute atomic E-state index is 0.916. The molecule has 0 N–H and O–H groups in total. The van der Waals surface area contributed by atoms with Gasteiger partial charge in [-0.1, -0.05) is 111 Å². The van der Waals surface area contributed by atoms with Crippen LogP contribution in [0.25, 0.3) is 0 Å². The first kappa shape index (κ1) is 22.3. The van der Waals surface area contributed by atoms with Crippen LogP contribution in [0.2, 0.25) is 0 Å². The van der Waals surface area contributed by atoms with E-state index in [1.165, 1.54) is 70.6 Å². The maximum atomic E-state index is 2.42. The molecule has 3 rings (SSSR count). The van der Waals surface area contributed by atoms with Crippen LogP contribution in [0.15, 0.2) is 0 Å². The minimum atomic E-state index is 0.916. The Balaban J connectivity index is 0.000000187.